The molecule has 32 heavy (non-hydrogen) atoms. The summed E-state index contributed by atoms with van der Waals surface area (Å²) in [6.45, 7) is 0. The number of aromatic nitrogens is 2. The van der Waals surface area contributed by atoms with Crippen LogP contribution in [-0.4, -0.2) is 21.8 Å². The largest absolute Gasteiger partial charge is 0.497 e. The van der Waals surface area contributed by atoms with Crippen LogP contribution in [0, 0.1) is 0 Å². The molecule has 1 N–H and O–H groups in total. The van der Waals surface area contributed by atoms with Gasteiger partial charge in [-0.2, -0.15) is 0 Å². The van der Waals surface area contributed by atoms with Crippen molar-refractivity contribution >= 4 is 38.9 Å². The summed E-state index contributed by atoms with van der Waals surface area (Å²) in [5.41, 5.74) is 4.09. The van der Waals surface area contributed by atoms with E-state index in [4.69, 9.17) is 17.0 Å². The second-order valence-electron chi connectivity index (χ2n) is 7.48. The molecule has 5 rings (SSSR count). The van der Waals surface area contributed by atoms with Crippen LogP contribution in [0.3, 0.4) is 0 Å². The normalized spacial score (nSPS) is 17.9. The van der Waals surface area contributed by atoms with Crippen molar-refractivity contribution in [3.8, 4) is 11.4 Å². The number of pyridine rings is 1. The Balaban J connectivity index is 1.66. The van der Waals surface area contributed by atoms with Crippen LogP contribution in [0.4, 0.5) is 5.69 Å². The van der Waals surface area contributed by atoms with Crippen molar-refractivity contribution in [3.63, 3.8) is 0 Å². The van der Waals surface area contributed by atoms with Crippen molar-refractivity contribution in [2.75, 3.05) is 12.0 Å². The van der Waals surface area contributed by atoms with Gasteiger partial charge in [0.1, 0.15) is 11.8 Å². The number of nitrogens with zero attached hydrogens (tertiary/aromatic N) is 3. The van der Waals surface area contributed by atoms with Gasteiger partial charge in [-0.15, -0.1) is 0 Å². The van der Waals surface area contributed by atoms with E-state index in [1.54, 1.807) is 7.11 Å². The lowest BCUT2D eigenvalue weighted by Gasteiger charge is -2.29. The fourth-order valence-corrected chi connectivity index (χ4v) is 4.78. The molecule has 2 aromatic heterocycles. The zero-order valence-corrected chi connectivity index (χ0v) is 19.8. The molecule has 2 atom stereocenters. The van der Waals surface area contributed by atoms with Crippen molar-refractivity contribution in [1.29, 1.82) is 0 Å². The average Bonchev–Trinajstić information content (AvgIpc) is 3.44. The molecule has 1 aliphatic heterocycles. The number of nitrogens with one attached hydrogen (secondary N) is 1. The molecule has 3 heterocycles. The number of hydrogen-bond acceptors (Lipinski definition) is 3. The summed E-state index contributed by atoms with van der Waals surface area (Å²) in [7, 11) is 1.67. The van der Waals surface area contributed by atoms with Crippen LogP contribution in [0.5, 0.6) is 5.75 Å². The quantitative estimate of drug-likeness (QED) is 0.346. The Morgan fingerprint density at radius 3 is 2.56 bits per heavy atom. The first-order valence-electron chi connectivity index (χ1n) is 10.2. The highest BCUT2D eigenvalue weighted by Gasteiger charge is 2.42. The molecule has 0 saturated carbocycles. The third-order valence-corrected chi connectivity index (χ3v) is 6.46. The summed E-state index contributed by atoms with van der Waals surface area (Å²) in [5, 5.41) is 4.17. The van der Waals surface area contributed by atoms with E-state index in [1.165, 1.54) is 0 Å². The van der Waals surface area contributed by atoms with Gasteiger partial charge in [0.2, 0.25) is 0 Å². The zero-order chi connectivity index (χ0) is 22.1. The smallest absolute Gasteiger partial charge is 0.174 e. The first-order chi connectivity index (χ1) is 15.7. The Kier molecular flexibility index (Phi) is 5.68. The minimum Gasteiger partial charge on any atom is -0.497 e. The predicted molar refractivity (Wildman–Crippen MR) is 134 cm³/mol. The first-order valence-corrected chi connectivity index (χ1v) is 11.4. The van der Waals surface area contributed by atoms with Crippen molar-refractivity contribution < 1.29 is 4.74 Å². The van der Waals surface area contributed by atoms with Crippen LogP contribution < -0.4 is 15.0 Å². The van der Waals surface area contributed by atoms with Gasteiger partial charge in [-0.25, -0.2) is 0 Å². The second kappa shape index (κ2) is 8.76. The van der Waals surface area contributed by atoms with Crippen LogP contribution in [0.2, 0.25) is 0 Å². The SMILES string of the molecule is COc1cccc(N2C(=S)N[C@@H](c3ccccn3)[C@H]2c2cccn2-c2ccc(Br)cc2)c1. The van der Waals surface area contributed by atoms with E-state index in [1.807, 2.05) is 54.7 Å². The van der Waals surface area contributed by atoms with E-state index in [0.29, 0.717) is 5.11 Å². The Morgan fingerprint density at radius 2 is 1.81 bits per heavy atom. The molecule has 1 aliphatic rings. The molecule has 0 amide bonds. The molecule has 4 aromatic rings. The standard InChI is InChI=1S/C25H21BrN4OS/c1-31-20-7-4-6-19(16-20)30-24(23(28-25(30)32)21-8-2-3-14-27-21)22-9-5-15-29(22)18-12-10-17(26)11-13-18/h2-16,23-24H,1H3,(H,28,32)/t23-,24+/m0/s1. The molecule has 0 bridgehead atoms. The van der Waals surface area contributed by atoms with Crippen molar-refractivity contribution in [2.24, 2.45) is 0 Å². The first kappa shape index (κ1) is 20.7. The topological polar surface area (TPSA) is 42.3 Å². The van der Waals surface area contributed by atoms with Crippen LogP contribution in [0.25, 0.3) is 5.69 Å². The van der Waals surface area contributed by atoms with Crippen LogP contribution >= 0.6 is 28.1 Å². The monoisotopic (exact) mass is 504 g/mol. The number of halogens is 1. The Labute approximate surface area is 200 Å². The maximum atomic E-state index is 5.84. The molecule has 5 nitrogen and oxygen atoms in total. The molecule has 7 heteroatoms. The van der Waals surface area contributed by atoms with Crippen molar-refractivity contribution in [1.82, 2.24) is 14.9 Å². The highest BCUT2D eigenvalue weighted by molar-refractivity contribution is 9.10. The molecule has 0 aliphatic carbocycles. The Bertz CT molecular complexity index is 1240. The van der Waals surface area contributed by atoms with E-state index in [2.05, 4.69) is 72.2 Å². The molecule has 160 valence electrons. The highest BCUT2D eigenvalue weighted by Crippen LogP contribution is 2.42. The summed E-state index contributed by atoms with van der Waals surface area (Å²) in [5.74, 6) is 0.786. The van der Waals surface area contributed by atoms with Gasteiger partial charge in [-0.05, 0) is 72.9 Å². The summed E-state index contributed by atoms with van der Waals surface area (Å²) >= 11 is 9.37. The van der Waals surface area contributed by atoms with Gasteiger partial charge in [0.05, 0.1) is 18.8 Å². The van der Waals surface area contributed by atoms with E-state index >= 15 is 0 Å². The lowest BCUT2D eigenvalue weighted by atomic mass is 10.0. The van der Waals surface area contributed by atoms with Crippen molar-refractivity contribution in [3.05, 3.63) is 107 Å². The third kappa shape index (κ3) is 3.78. The predicted octanol–water partition coefficient (Wildman–Crippen LogP) is 5.82. The van der Waals surface area contributed by atoms with E-state index in [-0.39, 0.29) is 12.1 Å². The summed E-state index contributed by atoms with van der Waals surface area (Å²) in [6.07, 6.45) is 3.90. The van der Waals surface area contributed by atoms with E-state index in [0.717, 1.165) is 33.0 Å². The fourth-order valence-electron chi connectivity index (χ4n) is 4.17. The maximum Gasteiger partial charge on any atom is 0.174 e. The summed E-state index contributed by atoms with van der Waals surface area (Å²) in [4.78, 5) is 6.80. The van der Waals surface area contributed by atoms with Crippen molar-refractivity contribution in [2.45, 2.75) is 12.1 Å². The number of hydrogen-bond donors (Lipinski definition) is 1. The Morgan fingerprint density at radius 1 is 0.969 bits per heavy atom. The van der Waals surface area contributed by atoms with E-state index < -0.39 is 0 Å². The molecule has 0 radical (unpaired) electrons. The maximum absolute atomic E-state index is 5.84. The molecule has 0 spiro atoms. The van der Waals surface area contributed by atoms with Gasteiger partial charge in [-0.3, -0.25) is 4.98 Å². The number of benzene rings is 2. The number of thiocarbonyl (C=S) groups is 1. The zero-order valence-electron chi connectivity index (χ0n) is 17.4. The minimum atomic E-state index is -0.112. The van der Waals surface area contributed by atoms with Gasteiger partial charge < -0.3 is 19.5 Å². The molecule has 0 unspecified atom stereocenters. The lowest BCUT2D eigenvalue weighted by Crippen LogP contribution is -2.30. The Hall–Kier alpha value is -3.16. The molecule has 2 aromatic carbocycles. The van der Waals surface area contributed by atoms with Crippen LogP contribution in [-0.2, 0) is 0 Å². The van der Waals surface area contributed by atoms with E-state index in [9.17, 15) is 0 Å². The molecule has 1 fully saturated rings. The van der Waals surface area contributed by atoms with Gasteiger partial charge in [0, 0.05) is 40.0 Å². The summed E-state index contributed by atoms with van der Waals surface area (Å²) < 4.78 is 8.73. The number of anilines is 1. The van der Waals surface area contributed by atoms with Crippen LogP contribution in [0.1, 0.15) is 23.5 Å². The number of methoxy groups -OCH3 is 1. The molecular weight excluding hydrogens is 484 g/mol. The summed E-state index contributed by atoms with van der Waals surface area (Å²) in [6, 6.07) is 26.2. The van der Waals surface area contributed by atoms with Gasteiger partial charge >= 0.3 is 0 Å². The third-order valence-electron chi connectivity index (χ3n) is 5.62. The highest BCUT2D eigenvalue weighted by atomic mass is 79.9. The lowest BCUT2D eigenvalue weighted by molar-refractivity contribution is 0.414. The molecule has 1 saturated heterocycles. The second-order valence-corrected chi connectivity index (χ2v) is 8.78. The van der Waals surface area contributed by atoms with Gasteiger partial charge in [0.15, 0.2) is 5.11 Å². The molecular formula is C25H21BrN4OS. The van der Waals surface area contributed by atoms with Gasteiger partial charge in [-0.1, -0.05) is 28.1 Å². The minimum absolute atomic E-state index is 0.108. The number of ether oxygens (including phenoxy) is 1. The fraction of sp³-hybridized carbons (Fsp3) is 0.120. The van der Waals surface area contributed by atoms with Gasteiger partial charge in [0.25, 0.3) is 0 Å². The number of rotatable bonds is 5. The average molecular weight is 505 g/mol. The van der Waals surface area contributed by atoms with Crippen LogP contribution in [0.15, 0.2) is 95.7 Å².